The van der Waals surface area contributed by atoms with E-state index < -0.39 is 5.82 Å². The highest BCUT2D eigenvalue weighted by atomic mass is 127. The van der Waals surface area contributed by atoms with Gasteiger partial charge in [0.05, 0.1) is 5.69 Å². The second-order valence-corrected chi connectivity index (χ2v) is 6.32. The second kappa shape index (κ2) is 8.02. The molecule has 0 atom stereocenters. The van der Waals surface area contributed by atoms with Crippen molar-refractivity contribution < 1.29 is 42.5 Å². The van der Waals surface area contributed by atoms with Crippen LogP contribution < -0.4 is 33.9 Å². The van der Waals surface area contributed by atoms with Crippen LogP contribution in [0.15, 0.2) is 78.8 Å². The van der Waals surface area contributed by atoms with Crippen molar-refractivity contribution in [3.63, 3.8) is 0 Å². The number of halogens is 2. The van der Waals surface area contributed by atoms with E-state index in [-0.39, 0.29) is 52.6 Å². The van der Waals surface area contributed by atoms with E-state index in [1.807, 2.05) is 19.1 Å². The molecule has 1 aromatic heterocycles. The lowest BCUT2D eigenvalue weighted by Gasteiger charge is -2.18. The van der Waals surface area contributed by atoms with Crippen LogP contribution in [0.5, 0.6) is 0 Å². The Morgan fingerprint density at radius 2 is 1.39 bits per heavy atom. The first-order valence-corrected chi connectivity index (χ1v) is 8.49. The normalized spacial score (nSPS) is 13.1. The van der Waals surface area contributed by atoms with Crippen molar-refractivity contribution >= 4 is 23.0 Å². The molecule has 0 radical (unpaired) electrons. The van der Waals surface area contributed by atoms with Crippen LogP contribution in [-0.4, -0.2) is 11.6 Å². The summed E-state index contributed by atoms with van der Waals surface area (Å²) in [6, 6.07) is 16.4. The summed E-state index contributed by atoms with van der Waals surface area (Å²) in [6.07, 6.45) is 3.43. The number of hydrogen-bond acceptors (Lipinski definition) is 3. The van der Waals surface area contributed by atoms with Crippen molar-refractivity contribution in [2.75, 3.05) is 5.32 Å². The van der Waals surface area contributed by atoms with Crippen molar-refractivity contribution in [3.05, 3.63) is 101 Å². The molecule has 0 fully saturated rings. The molecule has 0 amide bonds. The van der Waals surface area contributed by atoms with Gasteiger partial charge in [-0.15, -0.1) is 0 Å². The van der Waals surface area contributed by atoms with E-state index in [0.717, 1.165) is 5.56 Å². The van der Waals surface area contributed by atoms with Crippen LogP contribution in [0, 0.1) is 12.7 Å². The molecule has 0 saturated heterocycles. The van der Waals surface area contributed by atoms with Crippen molar-refractivity contribution in [1.82, 2.24) is 0 Å². The first-order chi connectivity index (χ1) is 13.1. The van der Waals surface area contributed by atoms with Gasteiger partial charge in [0.2, 0.25) is 5.78 Å². The van der Waals surface area contributed by atoms with Crippen LogP contribution in [0.25, 0.3) is 5.70 Å². The van der Waals surface area contributed by atoms with Gasteiger partial charge in [0.1, 0.15) is 5.82 Å². The third-order valence-corrected chi connectivity index (χ3v) is 4.48. The smallest absolute Gasteiger partial charge is 0.286 e. The molecule has 0 saturated carbocycles. The Labute approximate surface area is 178 Å². The molecule has 0 aliphatic heterocycles. The molecule has 0 unspecified atom stereocenters. The molecule has 6 heteroatoms. The topological polar surface area (TPSA) is 50.1 Å². The maximum atomic E-state index is 14.2. The first kappa shape index (κ1) is 19.9. The van der Waals surface area contributed by atoms with Crippen LogP contribution in [-0.2, 0) is 0 Å². The summed E-state index contributed by atoms with van der Waals surface area (Å²) >= 11 is 0. The third-order valence-electron chi connectivity index (χ3n) is 4.48. The average Bonchev–Trinajstić information content (AvgIpc) is 2.69. The van der Waals surface area contributed by atoms with E-state index in [2.05, 4.69) is 5.32 Å². The van der Waals surface area contributed by atoms with E-state index in [4.69, 9.17) is 0 Å². The van der Waals surface area contributed by atoms with Gasteiger partial charge in [-0.1, -0.05) is 36.4 Å². The van der Waals surface area contributed by atoms with E-state index in [0.29, 0.717) is 11.1 Å². The molecular weight excluding hydrogens is 470 g/mol. The molecular formula is C22H16FIN2O2. The summed E-state index contributed by atoms with van der Waals surface area (Å²) in [5.41, 5.74) is 2.02. The molecule has 28 heavy (non-hydrogen) atoms. The van der Waals surface area contributed by atoms with Crippen LogP contribution in [0.4, 0.5) is 10.1 Å². The lowest BCUT2D eigenvalue weighted by atomic mass is 9.90. The predicted octanol–water partition coefficient (Wildman–Crippen LogP) is 0.786. The van der Waals surface area contributed by atoms with Gasteiger partial charge < -0.3 is 29.3 Å². The van der Waals surface area contributed by atoms with Crippen molar-refractivity contribution in [1.29, 1.82) is 0 Å². The average molecular weight is 486 g/mol. The standard InChI is InChI=1S/C22H15FN2O2.HI/c1-14-10-12-25(13-11-14)20-19(24-18-9-5-4-8-17(18)23)21(26)15-6-2-3-7-16(15)22(20)27;/h2-13H,1H3;1H. The lowest BCUT2D eigenvalue weighted by molar-refractivity contribution is -0.577. The van der Waals surface area contributed by atoms with E-state index in [9.17, 15) is 14.0 Å². The molecule has 0 bridgehead atoms. The fourth-order valence-corrected chi connectivity index (χ4v) is 3.07. The van der Waals surface area contributed by atoms with E-state index in [1.54, 1.807) is 53.4 Å². The molecule has 0 spiro atoms. The van der Waals surface area contributed by atoms with Crippen LogP contribution in [0.2, 0.25) is 0 Å². The maximum Gasteiger partial charge on any atom is 0.286 e. The minimum absolute atomic E-state index is 0. The number of rotatable bonds is 3. The highest BCUT2D eigenvalue weighted by Gasteiger charge is 2.38. The zero-order valence-electron chi connectivity index (χ0n) is 14.9. The number of fused-ring (bicyclic) bond motifs is 1. The highest BCUT2D eigenvalue weighted by Crippen LogP contribution is 2.28. The number of allylic oxidation sites excluding steroid dienone is 2. The number of Topliss-reactive ketones (excluding diaryl/α,β-unsaturated/α-hetero) is 2. The van der Waals surface area contributed by atoms with E-state index >= 15 is 0 Å². The molecule has 140 valence electrons. The number of carbonyl (C=O) groups excluding carboxylic acids is 2. The summed E-state index contributed by atoms with van der Waals surface area (Å²) in [7, 11) is 0. The number of pyridine rings is 1. The predicted molar refractivity (Wildman–Crippen MR) is 99.7 cm³/mol. The summed E-state index contributed by atoms with van der Waals surface area (Å²) in [4.78, 5) is 26.3. The molecule has 2 aromatic carbocycles. The molecule has 4 rings (SSSR count). The number of carbonyl (C=O) groups is 2. The monoisotopic (exact) mass is 486 g/mol. The Bertz CT molecular complexity index is 1110. The van der Waals surface area contributed by atoms with Crippen LogP contribution in [0.1, 0.15) is 26.3 Å². The highest BCUT2D eigenvalue weighted by molar-refractivity contribution is 6.36. The van der Waals surface area contributed by atoms with Crippen molar-refractivity contribution in [3.8, 4) is 0 Å². The molecule has 1 aliphatic rings. The molecule has 1 heterocycles. The number of para-hydroxylation sites is 1. The van der Waals surface area contributed by atoms with E-state index in [1.165, 1.54) is 12.1 Å². The van der Waals surface area contributed by atoms with Crippen LogP contribution >= 0.6 is 0 Å². The summed E-state index contributed by atoms with van der Waals surface area (Å²) in [6.45, 7) is 1.93. The fourth-order valence-electron chi connectivity index (χ4n) is 3.07. The zero-order chi connectivity index (χ0) is 19.0. The SMILES string of the molecule is Cc1cc[n+](C2=C(Nc3ccccc3F)C(=O)c3ccccc3C2=O)cc1.[I-]. The van der Waals surface area contributed by atoms with Gasteiger partial charge in [0.25, 0.3) is 11.5 Å². The van der Waals surface area contributed by atoms with Gasteiger partial charge in [0.15, 0.2) is 18.1 Å². The number of nitrogens with one attached hydrogen (secondary N) is 1. The number of aryl methyl sites for hydroxylation is 1. The van der Waals surface area contributed by atoms with Crippen molar-refractivity contribution in [2.45, 2.75) is 6.92 Å². The molecule has 4 nitrogen and oxygen atoms in total. The summed E-state index contributed by atoms with van der Waals surface area (Å²) in [5, 5.41) is 2.85. The number of benzene rings is 2. The zero-order valence-corrected chi connectivity index (χ0v) is 17.1. The largest absolute Gasteiger partial charge is 1.00 e. The third kappa shape index (κ3) is 3.47. The van der Waals surface area contributed by atoms with Gasteiger partial charge >= 0.3 is 0 Å². The summed E-state index contributed by atoms with van der Waals surface area (Å²) in [5.74, 6) is -1.15. The van der Waals surface area contributed by atoms with Gasteiger partial charge in [-0.25, -0.2) is 4.39 Å². The van der Waals surface area contributed by atoms with Crippen molar-refractivity contribution in [2.24, 2.45) is 0 Å². The number of aromatic nitrogens is 1. The minimum Gasteiger partial charge on any atom is -1.00 e. The first-order valence-electron chi connectivity index (χ1n) is 8.49. The summed E-state index contributed by atoms with van der Waals surface area (Å²) < 4.78 is 15.7. The number of hydrogen-bond donors (Lipinski definition) is 1. The maximum absolute atomic E-state index is 14.2. The Kier molecular flexibility index (Phi) is 5.69. The number of anilines is 1. The number of nitrogens with zero attached hydrogens (tertiary/aromatic N) is 1. The van der Waals surface area contributed by atoms with Crippen LogP contribution in [0.3, 0.4) is 0 Å². The fraction of sp³-hybridized carbons (Fsp3) is 0.0455. The second-order valence-electron chi connectivity index (χ2n) is 6.32. The Morgan fingerprint density at radius 1 is 0.821 bits per heavy atom. The Hall–Kier alpha value is -2.87. The Balaban J connectivity index is 0.00000225. The van der Waals surface area contributed by atoms with Gasteiger partial charge in [-0.2, -0.15) is 4.57 Å². The Morgan fingerprint density at radius 3 is 2.04 bits per heavy atom. The molecule has 1 aliphatic carbocycles. The number of ketones is 2. The molecule has 3 aromatic rings. The molecule has 1 N–H and O–H groups in total. The quantitative estimate of drug-likeness (QED) is 0.440. The van der Waals surface area contributed by atoms with Gasteiger partial charge in [-0.3, -0.25) is 9.59 Å². The van der Waals surface area contributed by atoms with Gasteiger partial charge in [-0.05, 0) is 24.6 Å². The lowest BCUT2D eigenvalue weighted by Crippen LogP contribution is -3.00. The van der Waals surface area contributed by atoms with Gasteiger partial charge in [0, 0.05) is 23.3 Å². The minimum atomic E-state index is -0.502.